The van der Waals surface area contributed by atoms with Gasteiger partial charge >= 0.3 is 0 Å². The van der Waals surface area contributed by atoms with Gasteiger partial charge in [-0.1, -0.05) is 28.1 Å². The van der Waals surface area contributed by atoms with Crippen molar-refractivity contribution in [3.63, 3.8) is 0 Å². The summed E-state index contributed by atoms with van der Waals surface area (Å²) in [4.78, 5) is 32.5. The van der Waals surface area contributed by atoms with E-state index in [1.807, 2.05) is 35.2 Å². The van der Waals surface area contributed by atoms with E-state index in [1.165, 1.54) is 5.56 Å². The Labute approximate surface area is 201 Å². The number of benzene rings is 2. The van der Waals surface area contributed by atoms with Gasteiger partial charge in [0.25, 0.3) is 0 Å². The smallest absolute Gasteiger partial charge is 0.240 e. The first-order valence-corrected chi connectivity index (χ1v) is 12.0. The van der Waals surface area contributed by atoms with Gasteiger partial charge in [-0.15, -0.1) is 0 Å². The van der Waals surface area contributed by atoms with E-state index in [2.05, 4.69) is 38.4 Å². The molecule has 0 radical (unpaired) electrons. The highest BCUT2D eigenvalue weighted by Crippen LogP contribution is 2.37. The van der Waals surface area contributed by atoms with Crippen molar-refractivity contribution >= 4 is 38.6 Å². The highest BCUT2D eigenvalue weighted by molar-refractivity contribution is 9.10. The van der Waals surface area contributed by atoms with E-state index in [1.54, 1.807) is 18.9 Å². The molecular formula is C25H27BrN4O3. The summed E-state index contributed by atoms with van der Waals surface area (Å²) in [6, 6.07) is 13.7. The number of aromatic amines is 1. The zero-order valence-corrected chi connectivity index (χ0v) is 20.3. The minimum absolute atomic E-state index is 0.0615. The Hall–Kier alpha value is -2.84. The van der Waals surface area contributed by atoms with Crippen LogP contribution in [0.5, 0.6) is 5.75 Å². The van der Waals surface area contributed by atoms with Gasteiger partial charge in [0.1, 0.15) is 5.75 Å². The van der Waals surface area contributed by atoms with Crippen LogP contribution in [-0.4, -0.2) is 65.9 Å². The maximum atomic E-state index is 13.6. The molecule has 2 aliphatic heterocycles. The number of amides is 2. The molecule has 3 heterocycles. The zero-order chi connectivity index (χ0) is 23.1. The fourth-order valence-electron chi connectivity index (χ4n) is 4.93. The Morgan fingerprint density at radius 3 is 2.39 bits per heavy atom. The number of fused-ring (bicyclic) bond motifs is 3. The molecule has 1 saturated heterocycles. The third-order valence-electron chi connectivity index (χ3n) is 6.75. The van der Waals surface area contributed by atoms with Crippen molar-refractivity contribution in [2.75, 3.05) is 33.3 Å². The number of H-pyrrole nitrogens is 1. The van der Waals surface area contributed by atoms with Crippen LogP contribution in [-0.2, 0) is 16.0 Å². The first-order valence-electron chi connectivity index (χ1n) is 11.2. The van der Waals surface area contributed by atoms with E-state index in [4.69, 9.17) is 4.74 Å². The average molecular weight is 511 g/mol. The summed E-state index contributed by atoms with van der Waals surface area (Å²) in [5.41, 5.74) is 4.40. The molecule has 5 rings (SSSR count). The van der Waals surface area contributed by atoms with Gasteiger partial charge in [0, 0.05) is 54.2 Å². The predicted molar refractivity (Wildman–Crippen MR) is 130 cm³/mol. The molecule has 0 bridgehead atoms. The number of nitrogens with zero attached hydrogens (tertiary/aromatic N) is 2. The van der Waals surface area contributed by atoms with E-state index >= 15 is 0 Å². The maximum Gasteiger partial charge on any atom is 0.240 e. The number of aromatic nitrogens is 1. The molecule has 0 saturated carbocycles. The lowest BCUT2D eigenvalue weighted by molar-refractivity contribution is -0.140. The van der Waals surface area contributed by atoms with E-state index in [0.29, 0.717) is 32.6 Å². The number of hydrogen-bond acceptors (Lipinski definition) is 4. The quantitative estimate of drug-likeness (QED) is 0.566. The molecular weight excluding hydrogens is 484 g/mol. The molecule has 2 atom stereocenters. The minimum atomic E-state index is -0.341. The number of hydrogen-bond donors (Lipinski definition) is 2. The number of piperazine rings is 1. The lowest BCUT2D eigenvalue weighted by Gasteiger charge is -2.38. The summed E-state index contributed by atoms with van der Waals surface area (Å²) in [6.45, 7) is 3.88. The van der Waals surface area contributed by atoms with Crippen molar-refractivity contribution in [3.8, 4) is 5.75 Å². The molecule has 1 fully saturated rings. The monoisotopic (exact) mass is 510 g/mol. The molecule has 2 unspecified atom stereocenters. The number of methoxy groups -OCH3 is 1. The number of carbonyl (C=O) groups excluding carboxylic acids is 2. The highest BCUT2D eigenvalue weighted by atomic mass is 79.9. The Morgan fingerprint density at radius 2 is 1.73 bits per heavy atom. The van der Waals surface area contributed by atoms with Crippen LogP contribution in [0, 0.1) is 0 Å². The normalized spacial score (nSPS) is 20.6. The first-order chi connectivity index (χ1) is 15.9. The predicted octanol–water partition coefficient (Wildman–Crippen LogP) is 3.23. The second-order valence-corrected chi connectivity index (χ2v) is 9.58. The van der Waals surface area contributed by atoms with Gasteiger partial charge in [0.2, 0.25) is 11.8 Å². The number of halogens is 1. The zero-order valence-electron chi connectivity index (χ0n) is 18.7. The Bertz CT molecular complexity index is 1200. The van der Waals surface area contributed by atoms with Crippen LogP contribution in [0.3, 0.4) is 0 Å². The Kier molecular flexibility index (Phi) is 5.88. The molecule has 2 aromatic carbocycles. The van der Waals surface area contributed by atoms with Crippen molar-refractivity contribution in [2.24, 2.45) is 0 Å². The molecule has 7 nitrogen and oxygen atoms in total. The molecule has 0 spiro atoms. The van der Waals surface area contributed by atoms with E-state index < -0.39 is 0 Å². The lowest BCUT2D eigenvalue weighted by atomic mass is 9.89. The maximum absolute atomic E-state index is 13.6. The third-order valence-corrected chi connectivity index (χ3v) is 7.24. The van der Waals surface area contributed by atoms with Crippen molar-refractivity contribution < 1.29 is 14.3 Å². The van der Waals surface area contributed by atoms with Crippen LogP contribution >= 0.6 is 15.9 Å². The van der Waals surface area contributed by atoms with Crippen LogP contribution in [0.4, 0.5) is 0 Å². The van der Waals surface area contributed by atoms with Crippen LogP contribution in [0.25, 0.3) is 10.9 Å². The van der Waals surface area contributed by atoms with Gasteiger partial charge in [-0.3, -0.25) is 14.9 Å². The van der Waals surface area contributed by atoms with E-state index in [9.17, 15) is 9.59 Å². The van der Waals surface area contributed by atoms with Gasteiger partial charge in [0.05, 0.1) is 19.2 Å². The van der Waals surface area contributed by atoms with E-state index in [-0.39, 0.29) is 23.9 Å². The Morgan fingerprint density at radius 1 is 1.03 bits per heavy atom. The Balaban J connectivity index is 1.49. The van der Waals surface area contributed by atoms with Crippen molar-refractivity contribution in [1.29, 1.82) is 0 Å². The van der Waals surface area contributed by atoms with Gasteiger partial charge in [-0.25, -0.2) is 0 Å². The third kappa shape index (κ3) is 4.13. The number of ether oxygens (including phenoxy) is 1. The summed E-state index contributed by atoms with van der Waals surface area (Å²) in [5, 5.41) is 4.75. The van der Waals surface area contributed by atoms with Crippen LogP contribution in [0.2, 0.25) is 0 Å². The molecule has 0 aliphatic carbocycles. The van der Waals surface area contributed by atoms with Gasteiger partial charge in [-0.2, -0.15) is 0 Å². The second-order valence-electron chi connectivity index (χ2n) is 8.67. The molecule has 8 heteroatoms. The van der Waals surface area contributed by atoms with Crippen LogP contribution in [0.1, 0.15) is 29.8 Å². The fraction of sp³-hybridized carbons (Fsp3) is 0.360. The summed E-state index contributed by atoms with van der Waals surface area (Å²) in [7, 11) is 1.65. The molecule has 1 aromatic heterocycles. The van der Waals surface area contributed by atoms with E-state index in [0.717, 1.165) is 32.4 Å². The minimum Gasteiger partial charge on any atom is -0.497 e. The van der Waals surface area contributed by atoms with Crippen LogP contribution < -0.4 is 10.1 Å². The van der Waals surface area contributed by atoms with Gasteiger partial charge in [0.15, 0.2) is 0 Å². The van der Waals surface area contributed by atoms with Gasteiger partial charge in [-0.05, 0) is 47.9 Å². The molecule has 2 amide bonds. The molecule has 3 aromatic rings. The molecule has 33 heavy (non-hydrogen) atoms. The molecule has 2 aliphatic rings. The van der Waals surface area contributed by atoms with Gasteiger partial charge < -0.3 is 19.5 Å². The fourth-order valence-corrected chi connectivity index (χ4v) is 5.30. The van der Waals surface area contributed by atoms with Crippen molar-refractivity contribution in [2.45, 2.75) is 25.4 Å². The standard InChI is InChI=1S/C25H27BrN4O3/c1-15(31)29-9-11-30(12-10-29)25(32)22-14-20-19-13-17(26)5-8-21(19)27-24(20)23(28-22)16-3-6-18(33-2)7-4-16/h3-8,13,22-23,27-28H,9-12,14H2,1-2H3. The van der Waals surface area contributed by atoms with Crippen LogP contribution in [0.15, 0.2) is 46.9 Å². The number of rotatable bonds is 3. The second kappa shape index (κ2) is 8.83. The number of carbonyl (C=O) groups is 2. The molecule has 2 N–H and O–H groups in total. The lowest BCUT2D eigenvalue weighted by Crippen LogP contribution is -2.56. The summed E-state index contributed by atoms with van der Waals surface area (Å²) in [5.74, 6) is 0.949. The highest BCUT2D eigenvalue weighted by Gasteiger charge is 2.36. The average Bonchev–Trinajstić information content (AvgIpc) is 3.21. The summed E-state index contributed by atoms with van der Waals surface area (Å²) < 4.78 is 6.34. The summed E-state index contributed by atoms with van der Waals surface area (Å²) in [6.07, 6.45) is 0.615. The van der Waals surface area contributed by atoms with Crippen molar-refractivity contribution in [3.05, 3.63) is 63.8 Å². The SMILES string of the molecule is COc1ccc(C2NC(C(=O)N3CCN(C(C)=O)CC3)Cc3c2[nH]c2ccc(Br)cc32)cc1. The largest absolute Gasteiger partial charge is 0.497 e. The van der Waals surface area contributed by atoms with Crippen molar-refractivity contribution in [1.82, 2.24) is 20.1 Å². The molecule has 172 valence electrons. The topological polar surface area (TPSA) is 77.7 Å². The summed E-state index contributed by atoms with van der Waals surface area (Å²) >= 11 is 3.59. The first kappa shape index (κ1) is 22.0. The number of nitrogens with one attached hydrogen (secondary N) is 2.